The minimum Gasteiger partial charge on any atom is -0.469 e. The van der Waals surface area contributed by atoms with Crippen molar-refractivity contribution in [3.05, 3.63) is 24.2 Å². The summed E-state index contributed by atoms with van der Waals surface area (Å²) < 4.78 is 5.27. The lowest BCUT2D eigenvalue weighted by atomic mass is 10.1. The van der Waals surface area contributed by atoms with E-state index in [9.17, 15) is 0 Å². The van der Waals surface area contributed by atoms with Gasteiger partial charge in [-0.2, -0.15) is 0 Å². The molecule has 0 fully saturated rings. The van der Waals surface area contributed by atoms with E-state index in [4.69, 9.17) is 4.42 Å². The van der Waals surface area contributed by atoms with E-state index in [0.717, 1.165) is 18.7 Å². The zero-order valence-electron chi connectivity index (χ0n) is 9.25. The van der Waals surface area contributed by atoms with Crippen LogP contribution in [-0.2, 0) is 6.42 Å². The van der Waals surface area contributed by atoms with Crippen LogP contribution in [0.3, 0.4) is 0 Å². The van der Waals surface area contributed by atoms with Crippen LogP contribution >= 0.6 is 0 Å². The van der Waals surface area contributed by atoms with Gasteiger partial charge in [0.15, 0.2) is 0 Å². The van der Waals surface area contributed by atoms with Crippen LogP contribution in [0.25, 0.3) is 0 Å². The molecule has 0 aliphatic carbocycles. The molecule has 0 aliphatic rings. The first kappa shape index (κ1) is 11.3. The van der Waals surface area contributed by atoms with Crippen LogP contribution in [0, 0.1) is 0 Å². The SMILES string of the molecule is CCCC(CC)NCCc1ccco1. The van der Waals surface area contributed by atoms with Gasteiger partial charge in [0.1, 0.15) is 5.76 Å². The zero-order valence-corrected chi connectivity index (χ0v) is 9.25. The molecule has 0 aliphatic heterocycles. The van der Waals surface area contributed by atoms with Gasteiger partial charge >= 0.3 is 0 Å². The van der Waals surface area contributed by atoms with Gasteiger partial charge in [-0.25, -0.2) is 0 Å². The van der Waals surface area contributed by atoms with Crippen molar-refractivity contribution in [2.24, 2.45) is 0 Å². The second-order valence-corrected chi connectivity index (χ2v) is 3.68. The molecule has 2 heteroatoms. The molecule has 2 nitrogen and oxygen atoms in total. The maximum atomic E-state index is 5.27. The maximum Gasteiger partial charge on any atom is 0.105 e. The van der Waals surface area contributed by atoms with Gasteiger partial charge in [-0.15, -0.1) is 0 Å². The highest BCUT2D eigenvalue weighted by atomic mass is 16.3. The standard InChI is InChI=1S/C12H21NO/c1-3-6-11(4-2)13-9-8-12-7-5-10-14-12/h5,7,10-11,13H,3-4,6,8-9H2,1-2H3. The molecule has 1 unspecified atom stereocenters. The summed E-state index contributed by atoms with van der Waals surface area (Å²) in [4.78, 5) is 0. The van der Waals surface area contributed by atoms with Crippen LogP contribution < -0.4 is 5.32 Å². The van der Waals surface area contributed by atoms with Gasteiger partial charge in [0, 0.05) is 19.0 Å². The van der Waals surface area contributed by atoms with Gasteiger partial charge in [-0.3, -0.25) is 0 Å². The first-order valence-electron chi connectivity index (χ1n) is 5.62. The summed E-state index contributed by atoms with van der Waals surface area (Å²) in [6, 6.07) is 4.65. The van der Waals surface area contributed by atoms with Crippen LogP contribution in [-0.4, -0.2) is 12.6 Å². The lowest BCUT2D eigenvalue weighted by Crippen LogP contribution is -2.29. The molecule has 14 heavy (non-hydrogen) atoms. The van der Waals surface area contributed by atoms with Crippen molar-refractivity contribution in [2.45, 2.75) is 45.6 Å². The van der Waals surface area contributed by atoms with Gasteiger partial charge in [-0.05, 0) is 25.0 Å². The van der Waals surface area contributed by atoms with Crippen molar-refractivity contribution in [1.82, 2.24) is 5.32 Å². The summed E-state index contributed by atoms with van der Waals surface area (Å²) in [5.41, 5.74) is 0. The van der Waals surface area contributed by atoms with Gasteiger partial charge in [0.2, 0.25) is 0 Å². The average Bonchev–Trinajstić information content (AvgIpc) is 2.69. The first-order valence-corrected chi connectivity index (χ1v) is 5.62. The summed E-state index contributed by atoms with van der Waals surface area (Å²) >= 11 is 0. The summed E-state index contributed by atoms with van der Waals surface area (Å²) in [6.45, 7) is 5.49. The lowest BCUT2D eigenvalue weighted by Gasteiger charge is -2.15. The second-order valence-electron chi connectivity index (χ2n) is 3.68. The zero-order chi connectivity index (χ0) is 10.2. The van der Waals surface area contributed by atoms with Crippen molar-refractivity contribution >= 4 is 0 Å². The number of hydrogen-bond acceptors (Lipinski definition) is 2. The third-order valence-electron chi connectivity index (χ3n) is 2.51. The molecular weight excluding hydrogens is 174 g/mol. The minimum atomic E-state index is 0.676. The Hall–Kier alpha value is -0.760. The molecular formula is C12H21NO. The monoisotopic (exact) mass is 195 g/mol. The summed E-state index contributed by atoms with van der Waals surface area (Å²) in [5.74, 6) is 1.07. The quantitative estimate of drug-likeness (QED) is 0.723. The summed E-state index contributed by atoms with van der Waals surface area (Å²) in [5, 5.41) is 3.55. The van der Waals surface area contributed by atoms with Crippen LogP contribution in [0.2, 0.25) is 0 Å². The second kappa shape index (κ2) is 6.66. The van der Waals surface area contributed by atoms with Gasteiger partial charge in [-0.1, -0.05) is 20.3 Å². The van der Waals surface area contributed by atoms with Crippen molar-refractivity contribution in [3.63, 3.8) is 0 Å². The van der Waals surface area contributed by atoms with E-state index < -0.39 is 0 Å². The van der Waals surface area contributed by atoms with Gasteiger partial charge in [0.25, 0.3) is 0 Å². The third-order valence-corrected chi connectivity index (χ3v) is 2.51. The Morgan fingerprint density at radius 1 is 1.43 bits per heavy atom. The summed E-state index contributed by atoms with van der Waals surface area (Å²) in [7, 11) is 0. The van der Waals surface area contributed by atoms with E-state index in [1.165, 1.54) is 19.3 Å². The van der Waals surface area contributed by atoms with Crippen molar-refractivity contribution < 1.29 is 4.42 Å². The molecule has 0 aromatic carbocycles. The van der Waals surface area contributed by atoms with E-state index in [2.05, 4.69) is 19.2 Å². The number of hydrogen-bond donors (Lipinski definition) is 1. The molecule has 1 rings (SSSR count). The Morgan fingerprint density at radius 3 is 2.86 bits per heavy atom. The number of rotatable bonds is 7. The van der Waals surface area contributed by atoms with Crippen LogP contribution in [0.5, 0.6) is 0 Å². The smallest absolute Gasteiger partial charge is 0.105 e. The molecule has 0 radical (unpaired) electrons. The molecule has 1 N–H and O–H groups in total. The van der Waals surface area contributed by atoms with Crippen LogP contribution in [0.4, 0.5) is 0 Å². The van der Waals surface area contributed by atoms with Crippen LogP contribution in [0.1, 0.15) is 38.9 Å². The highest BCUT2D eigenvalue weighted by molar-refractivity contribution is 4.98. The Balaban J connectivity index is 2.13. The highest BCUT2D eigenvalue weighted by Gasteiger charge is 2.03. The molecule has 0 bridgehead atoms. The van der Waals surface area contributed by atoms with Crippen molar-refractivity contribution in [1.29, 1.82) is 0 Å². The molecule has 1 atom stereocenters. The fraction of sp³-hybridized carbons (Fsp3) is 0.667. The Morgan fingerprint density at radius 2 is 2.29 bits per heavy atom. The van der Waals surface area contributed by atoms with Gasteiger partial charge < -0.3 is 9.73 Å². The topological polar surface area (TPSA) is 25.2 Å². The van der Waals surface area contributed by atoms with Crippen molar-refractivity contribution in [3.8, 4) is 0 Å². The summed E-state index contributed by atoms with van der Waals surface area (Å²) in [6.07, 6.45) is 6.47. The molecule has 80 valence electrons. The van der Waals surface area contributed by atoms with Crippen LogP contribution in [0.15, 0.2) is 22.8 Å². The van der Waals surface area contributed by atoms with E-state index >= 15 is 0 Å². The number of nitrogens with one attached hydrogen (secondary N) is 1. The Kier molecular flexibility index (Phi) is 5.38. The molecule has 0 spiro atoms. The fourth-order valence-electron chi connectivity index (χ4n) is 1.65. The average molecular weight is 195 g/mol. The van der Waals surface area contributed by atoms with Gasteiger partial charge in [0.05, 0.1) is 6.26 Å². The lowest BCUT2D eigenvalue weighted by molar-refractivity contribution is 0.444. The van der Waals surface area contributed by atoms with E-state index in [1.807, 2.05) is 12.1 Å². The largest absolute Gasteiger partial charge is 0.469 e. The van der Waals surface area contributed by atoms with E-state index in [-0.39, 0.29) is 0 Å². The maximum absolute atomic E-state index is 5.27. The minimum absolute atomic E-state index is 0.676. The number of furan rings is 1. The molecule has 0 saturated heterocycles. The Bertz CT molecular complexity index is 218. The molecule has 1 heterocycles. The molecule has 0 amide bonds. The Labute approximate surface area is 86.7 Å². The normalized spacial score (nSPS) is 13.0. The highest BCUT2D eigenvalue weighted by Crippen LogP contribution is 2.03. The van der Waals surface area contributed by atoms with E-state index in [0.29, 0.717) is 6.04 Å². The molecule has 0 saturated carbocycles. The molecule has 1 aromatic rings. The first-order chi connectivity index (χ1) is 6.86. The van der Waals surface area contributed by atoms with Crippen molar-refractivity contribution in [2.75, 3.05) is 6.54 Å². The predicted molar refractivity (Wildman–Crippen MR) is 59.4 cm³/mol. The third kappa shape index (κ3) is 3.97. The van der Waals surface area contributed by atoms with E-state index in [1.54, 1.807) is 6.26 Å². The molecule has 1 aromatic heterocycles. The predicted octanol–water partition coefficient (Wildman–Crippen LogP) is 2.99. The fourth-order valence-corrected chi connectivity index (χ4v) is 1.65.